The molecule has 0 aromatic rings. The second-order valence-corrected chi connectivity index (χ2v) is 6.85. The average Bonchev–Trinajstić information content (AvgIpc) is 2.48. The summed E-state index contributed by atoms with van der Waals surface area (Å²) in [7, 11) is 0. The van der Waals surface area contributed by atoms with E-state index >= 15 is 0 Å². The molecule has 2 N–H and O–H groups in total. The van der Waals surface area contributed by atoms with Crippen molar-refractivity contribution >= 4 is 17.7 Å². The summed E-state index contributed by atoms with van der Waals surface area (Å²) in [5.74, 6) is -0.386. The summed E-state index contributed by atoms with van der Waals surface area (Å²) in [6.45, 7) is 3.25. The predicted octanol–water partition coefficient (Wildman–Crippen LogP) is 4.10. The van der Waals surface area contributed by atoms with E-state index in [0.29, 0.717) is 19.0 Å². The third kappa shape index (κ3) is 17.8. The zero-order valence-corrected chi connectivity index (χ0v) is 14.9. The Morgan fingerprint density at radius 2 is 1.55 bits per heavy atom. The van der Waals surface area contributed by atoms with Crippen LogP contribution >= 0.6 is 11.8 Å². The first-order valence-corrected chi connectivity index (χ1v) is 9.87. The zero-order valence-electron chi connectivity index (χ0n) is 14.1. The van der Waals surface area contributed by atoms with Gasteiger partial charge in [-0.05, 0) is 6.42 Å². The van der Waals surface area contributed by atoms with Gasteiger partial charge >= 0.3 is 5.97 Å². The van der Waals surface area contributed by atoms with Crippen molar-refractivity contribution in [2.75, 3.05) is 24.7 Å². The maximum Gasteiger partial charge on any atom is 0.313 e. The standard InChI is InChI=1S/C17H34O4S/c1-2-3-4-5-6-7-8-9-10-11-12-21-13-16(18)14-22-15-17(19)20/h16,18H,2-15H2,1H3,(H,19,20). The molecule has 0 bridgehead atoms. The highest BCUT2D eigenvalue weighted by Crippen LogP contribution is 2.10. The molecule has 22 heavy (non-hydrogen) atoms. The van der Waals surface area contributed by atoms with Gasteiger partial charge < -0.3 is 14.9 Å². The minimum Gasteiger partial charge on any atom is -0.481 e. The normalized spacial score (nSPS) is 12.5. The summed E-state index contributed by atoms with van der Waals surface area (Å²) >= 11 is 1.22. The van der Waals surface area contributed by atoms with Gasteiger partial charge in [0.2, 0.25) is 0 Å². The van der Waals surface area contributed by atoms with Crippen LogP contribution in [0.3, 0.4) is 0 Å². The van der Waals surface area contributed by atoms with Crippen LogP contribution in [0.25, 0.3) is 0 Å². The number of carboxylic acid groups (broad SMARTS) is 1. The molecule has 0 heterocycles. The molecule has 4 nitrogen and oxygen atoms in total. The first-order chi connectivity index (χ1) is 10.7. The molecule has 5 heteroatoms. The number of ether oxygens (including phenoxy) is 1. The van der Waals surface area contributed by atoms with E-state index in [2.05, 4.69) is 6.92 Å². The Kier molecular flexibility index (Phi) is 16.9. The highest BCUT2D eigenvalue weighted by Gasteiger charge is 2.06. The number of thioether (sulfide) groups is 1. The largest absolute Gasteiger partial charge is 0.481 e. The molecule has 0 spiro atoms. The van der Waals surface area contributed by atoms with Crippen molar-refractivity contribution in [3.05, 3.63) is 0 Å². The lowest BCUT2D eigenvalue weighted by atomic mass is 10.1. The van der Waals surface area contributed by atoms with Crippen molar-refractivity contribution in [1.82, 2.24) is 0 Å². The Bertz CT molecular complexity index is 249. The lowest BCUT2D eigenvalue weighted by Gasteiger charge is -2.10. The van der Waals surface area contributed by atoms with Gasteiger partial charge in [-0.1, -0.05) is 64.7 Å². The second kappa shape index (κ2) is 17.1. The van der Waals surface area contributed by atoms with Crippen molar-refractivity contribution in [3.8, 4) is 0 Å². The molecule has 1 atom stereocenters. The molecule has 0 amide bonds. The van der Waals surface area contributed by atoms with Gasteiger partial charge in [0.05, 0.1) is 18.5 Å². The Hall–Kier alpha value is -0.260. The van der Waals surface area contributed by atoms with E-state index in [1.54, 1.807) is 0 Å². The highest BCUT2D eigenvalue weighted by atomic mass is 32.2. The first kappa shape index (κ1) is 21.7. The van der Waals surface area contributed by atoms with Crippen LogP contribution in [-0.2, 0) is 9.53 Å². The van der Waals surface area contributed by atoms with Gasteiger partial charge in [-0.25, -0.2) is 0 Å². The van der Waals surface area contributed by atoms with Crippen LogP contribution in [0.15, 0.2) is 0 Å². The molecule has 0 aromatic heterocycles. The number of hydrogen-bond acceptors (Lipinski definition) is 4. The molecule has 0 aliphatic carbocycles. The molecule has 0 radical (unpaired) electrons. The van der Waals surface area contributed by atoms with Gasteiger partial charge in [0, 0.05) is 12.4 Å². The van der Waals surface area contributed by atoms with Crippen LogP contribution in [0, 0.1) is 0 Å². The summed E-state index contributed by atoms with van der Waals surface area (Å²) in [5.41, 5.74) is 0. The number of aliphatic hydroxyl groups excluding tert-OH is 1. The van der Waals surface area contributed by atoms with Crippen molar-refractivity contribution in [2.45, 2.75) is 77.2 Å². The fourth-order valence-electron chi connectivity index (χ4n) is 2.24. The molecule has 0 aliphatic heterocycles. The number of rotatable bonds is 17. The van der Waals surface area contributed by atoms with Crippen LogP contribution in [0.5, 0.6) is 0 Å². The van der Waals surface area contributed by atoms with Crippen LogP contribution in [0.1, 0.15) is 71.1 Å². The SMILES string of the molecule is CCCCCCCCCCCCOCC(O)CSCC(=O)O. The third-order valence-corrected chi connectivity index (χ3v) is 4.56. The van der Waals surface area contributed by atoms with E-state index in [0.717, 1.165) is 6.42 Å². The van der Waals surface area contributed by atoms with E-state index in [1.807, 2.05) is 0 Å². The predicted molar refractivity (Wildman–Crippen MR) is 93.6 cm³/mol. The summed E-state index contributed by atoms with van der Waals surface area (Å²) in [5, 5.41) is 18.1. The number of carboxylic acids is 1. The number of carbonyl (C=O) groups is 1. The molecule has 0 aliphatic rings. The quantitative estimate of drug-likeness (QED) is 0.392. The molecule has 0 fully saturated rings. The minimum atomic E-state index is -0.844. The molecule has 1 unspecified atom stereocenters. The fourth-order valence-corrected chi connectivity index (χ4v) is 2.90. The van der Waals surface area contributed by atoms with Crippen LogP contribution < -0.4 is 0 Å². The van der Waals surface area contributed by atoms with Gasteiger partial charge in [0.25, 0.3) is 0 Å². The lowest BCUT2D eigenvalue weighted by Crippen LogP contribution is -2.19. The molecule has 0 saturated carbocycles. The Morgan fingerprint density at radius 3 is 2.09 bits per heavy atom. The van der Waals surface area contributed by atoms with Gasteiger partial charge in [-0.15, -0.1) is 11.8 Å². The van der Waals surface area contributed by atoms with Gasteiger partial charge in [-0.3, -0.25) is 4.79 Å². The zero-order chi connectivity index (χ0) is 16.5. The maximum atomic E-state index is 10.3. The van der Waals surface area contributed by atoms with Gasteiger partial charge in [0.15, 0.2) is 0 Å². The Morgan fingerprint density at radius 1 is 1.00 bits per heavy atom. The third-order valence-electron chi connectivity index (χ3n) is 3.49. The fraction of sp³-hybridized carbons (Fsp3) is 0.941. The first-order valence-electron chi connectivity index (χ1n) is 8.72. The van der Waals surface area contributed by atoms with E-state index in [4.69, 9.17) is 9.84 Å². The molecular formula is C17H34O4S. The van der Waals surface area contributed by atoms with E-state index in [1.165, 1.54) is 69.5 Å². The second-order valence-electron chi connectivity index (χ2n) is 5.82. The van der Waals surface area contributed by atoms with Crippen molar-refractivity contribution < 1.29 is 19.7 Å². The van der Waals surface area contributed by atoms with Crippen LogP contribution in [0.4, 0.5) is 0 Å². The molecule has 0 rings (SSSR count). The average molecular weight is 335 g/mol. The molecule has 132 valence electrons. The van der Waals surface area contributed by atoms with Gasteiger partial charge in [0.1, 0.15) is 0 Å². The number of hydrogen-bond donors (Lipinski definition) is 2. The van der Waals surface area contributed by atoms with Crippen molar-refractivity contribution in [3.63, 3.8) is 0 Å². The Balaban J connectivity index is 3.11. The summed E-state index contributed by atoms with van der Waals surface area (Å²) < 4.78 is 5.41. The topological polar surface area (TPSA) is 66.8 Å². The van der Waals surface area contributed by atoms with Crippen LogP contribution in [-0.4, -0.2) is 47.0 Å². The number of unbranched alkanes of at least 4 members (excludes halogenated alkanes) is 9. The van der Waals surface area contributed by atoms with Crippen molar-refractivity contribution in [2.24, 2.45) is 0 Å². The molecule has 0 saturated heterocycles. The lowest BCUT2D eigenvalue weighted by molar-refractivity contribution is -0.133. The summed E-state index contributed by atoms with van der Waals surface area (Å²) in [6.07, 6.45) is 12.4. The Labute approximate surface area is 140 Å². The summed E-state index contributed by atoms with van der Waals surface area (Å²) in [6, 6.07) is 0. The monoisotopic (exact) mass is 334 g/mol. The highest BCUT2D eigenvalue weighted by molar-refractivity contribution is 7.99. The minimum absolute atomic E-state index is 0.0372. The van der Waals surface area contributed by atoms with Crippen molar-refractivity contribution in [1.29, 1.82) is 0 Å². The molecular weight excluding hydrogens is 300 g/mol. The van der Waals surface area contributed by atoms with Crippen LogP contribution in [0.2, 0.25) is 0 Å². The smallest absolute Gasteiger partial charge is 0.313 e. The number of aliphatic hydroxyl groups is 1. The number of aliphatic carboxylic acids is 1. The maximum absolute atomic E-state index is 10.3. The van der Waals surface area contributed by atoms with E-state index in [-0.39, 0.29) is 5.75 Å². The van der Waals surface area contributed by atoms with E-state index < -0.39 is 12.1 Å². The van der Waals surface area contributed by atoms with Gasteiger partial charge in [-0.2, -0.15) is 0 Å². The molecule has 0 aromatic carbocycles. The van der Waals surface area contributed by atoms with E-state index in [9.17, 15) is 9.90 Å². The summed E-state index contributed by atoms with van der Waals surface area (Å²) in [4.78, 5) is 10.3.